The molecule has 0 aliphatic heterocycles. The summed E-state index contributed by atoms with van der Waals surface area (Å²) in [6.07, 6.45) is 0.491. The van der Waals surface area contributed by atoms with E-state index in [1.54, 1.807) is 0 Å². The molecule has 0 radical (unpaired) electrons. The lowest BCUT2D eigenvalue weighted by Gasteiger charge is -2.12. The first-order valence-corrected chi connectivity index (χ1v) is 7.15. The molecule has 3 heteroatoms. The summed E-state index contributed by atoms with van der Waals surface area (Å²) in [5, 5.41) is 2.91. The van der Waals surface area contributed by atoms with E-state index in [9.17, 15) is 4.79 Å². The molecule has 21 heavy (non-hydrogen) atoms. The Hall–Kier alpha value is -2.29. The number of benzene rings is 2. The summed E-state index contributed by atoms with van der Waals surface area (Å²) in [4.78, 5) is 12.1. The van der Waals surface area contributed by atoms with Crippen LogP contribution in [0, 0.1) is 6.92 Å². The Morgan fingerprint density at radius 1 is 1.14 bits per heavy atom. The molecule has 0 aliphatic rings. The second-order valence-corrected chi connectivity index (χ2v) is 5.35. The molecule has 2 rings (SSSR count). The maximum atomic E-state index is 12.1. The SMILES string of the molecule is Cc1ccccc1CC(=O)Nc1cccc(OC(C)C)c1. The van der Waals surface area contributed by atoms with Crippen LogP contribution in [0.25, 0.3) is 0 Å². The normalized spacial score (nSPS) is 10.5. The molecular formula is C18H21NO2. The van der Waals surface area contributed by atoms with Gasteiger partial charge in [-0.1, -0.05) is 30.3 Å². The van der Waals surface area contributed by atoms with E-state index in [4.69, 9.17) is 4.74 Å². The van der Waals surface area contributed by atoms with Gasteiger partial charge in [0.05, 0.1) is 12.5 Å². The summed E-state index contributed by atoms with van der Waals surface area (Å²) >= 11 is 0. The number of hydrogen-bond acceptors (Lipinski definition) is 2. The van der Waals surface area contributed by atoms with Gasteiger partial charge in [-0.15, -0.1) is 0 Å². The van der Waals surface area contributed by atoms with Gasteiger partial charge in [0, 0.05) is 11.8 Å². The van der Waals surface area contributed by atoms with Gasteiger partial charge in [-0.05, 0) is 44.0 Å². The maximum absolute atomic E-state index is 12.1. The van der Waals surface area contributed by atoms with E-state index >= 15 is 0 Å². The van der Waals surface area contributed by atoms with E-state index in [0.29, 0.717) is 6.42 Å². The first kappa shape index (κ1) is 15.1. The van der Waals surface area contributed by atoms with E-state index < -0.39 is 0 Å². The predicted molar refractivity (Wildman–Crippen MR) is 85.7 cm³/mol. The molecule has 2 aromatic rings. The molecule has 1 amide bonds. The fraction of sp³-hybridized carbons (Fsp3) is 0.278. The summed E-state index contributed by atoms with van der Waals surface area (Å²) in [6, 6.07) is 15.4. The van der Waals surface area contributed by atoms with Gasteiger partial charge >= 0.3 is 0 Å². The smallest absolute Gasteiger partial charge is 0.228 e. The Balaban J connectivity index is 2.01. The van der Waals surface area contributed by atoms with Crippen molar-refractivity contribution in [2.45, 2.75) is 33.3 Å². The fourth-order valence-corrected chi connectivity index (χ4v) is 2.11. The Kier molecular flexibility index (Phi) is 4.99. The molecule has 3 nitrogen and oxygen atoms in total. The van der Waals surface area contributed by atoms with Crippen LogP contribution in [0.2, 0.25) is 0 Å². The third kappa shape index (κ3) is 4.63. The number of hydrogen-bond donors (Lipinski definition) is 1. The topological polar surface area (TPSA) is 38.3 Å². The number of carbonyl (C=O) groups excluding carboxylic acids is 1. The molecule has 0 heterocycles. The van der Waals surface area contributed by atoms with Crippen molar-refractivity contribution in [3.8, 4) is 5.75 Å². The Morgan fingerprint density at radius 2 is 1.90 bits per heavy atom. The van der Waals surface area contributed by atoms with Crippen LogP contribution in [0.15, 0.2) is 48.5 Å². The molecule has 0 aromatic heterocycles. The van der Waals surface area contributed by atoms with Crippen molar-refractivity contribution in [3.63, 3.8) is 0 Å². The van der Waals surface area contributed by atoms with Crippen molar-refractivity contribution in [1.82, 2.24) is 0 Å². The van der Waals surface area contributed by atoms with Crippen molar-refractivity contribution < 1.29 is 9.53 Å². The van der Waals surface area contributed by atoms with Crippen molar-refractivity contribution in [2.75, 3.05) is 5.32 Å². The van der Waals surface area contributed by atoms with Crippen LogP contribution < -0.4 is 10.1 Å². The van der Waals surface area contributed by atoms with Gasteiger partial charge in [-0.25, -0.2) is 0 Å². The predicted octanol–water partition coefficient (Wildman–Crippen LogP) is 3.96. The van der Waals surface area contributed by atoms with Gasteiger partial charge in [-0.2, -0.15) is 0 Å². The van der Waals surface area contributed by atoms with Gasteiger partial charge in [0.25, 0.3) is 0 Å². The van der Waals surface area contributed by atoms with Crippen molar-refractivity contribution in [1.29, 1.82) is 0 Å². The zero-order valence-corrected chi connectivity index (χ0v) is 12.7. The molecule has 0 spiro atoms. The molecule has 0 fully saturated rings. The van der Waals surface area contributed by atoms with Crippen LogP contribution in [-0.2, 0) is 11.2 Å². The highest BCUT2D eigenvalue weighted by molar-refractivity contribution is 5.92. The number of amides is 1. The van der Waals surface area contributed by atoms with Crippen LogP contribution in [0.5, 0.6) is 5.75 Å². The molecule has 0 aliphatic carbocycles. The molecule has 0 saturated heterocycles. The second kappa shape index (κ2) is 6.93. The quantitative estimate of drug-likeness (QED) is 0.902. The first-order valence-electron chi connectivity index (χ1n) is 7.15. The van der Waals surface area contributed by atoms with E-state index in [1.165, 1.54) is 0 Å². The Labute approximate surface area is 126 Å². The zero-order chi connectivity index (χ0) is 15.2. The van der Waals surface area contributed by atoms with E-state index in [2.05, 4.69) is 5.32 Å². The summed E-state index contributed by atoms with van der Waals surface area (Å²) in [5.41, 5.74) is 2.93. The molecule has 0 unspecified atom stereocenters. The third-order valence-corrected chi connectivity index (χ3v) is 3.10. The monoisotopic (exact) mass is 283 g/mol. The lowest BCUT2D eigenvalue weighted by Crippen LogP contribution is -2.15. The van der Waals surface area contributed by atoms with Crippen LogP contribution in [0.4, 0.5) is 5.69 Å². The highest BCUT2D eigenvalue weighted by Gasteiger charge is 2.07. The van der Waals surface area contributed by atoms with Gasteiger partial charge in [-0.3, -0.25) is 4.79 Å². The minimum Gasteiger partial charge on any atom is -0.491 e. The fourth-order valence-electron chi connectivity index (χ4n) is 2.11. The number of aryl methyl sites for hydroxylation is 1. The highest BCUT2D eigenvalue weighted by Crippen LogP contribution is 2.19. The molecule has 1 N–H and O–H groups in total. The molecule has 0 bridgehead atoms. The van der Waals surface area contributed by atoms with Gasteiger partial charge in [0.1, 0.15) is 5.75 Å². The number of rotatable bonds is 5. The van der Waals surface area contributed by atoms with Crippen LogP contribution in [0.1, 0.15) is 25.0 Å². The Bertz CT molecular complexity index is 620. The standard InChI is InChI=1S/C18H21NO2/c1-13(2)21-17-10-6-9-16(12-17)19-18(20)11-15-8-5-4-7-14(15)3/h4-10,12-13H,11H2,1-3H3,(H,19,20). The summed E-state index contributed by atoms with van der Waals surface area (Å²) in [5.74, 6) is 0.740. The average molecular weight is 283 g/mol. The average Bonchev–Trinajstić information content (AvgIpc) is 2.41. The van der Waals surface area contributed by atoms with Crippen LogP contribution >= 0.6 is 0 Å². The largest absolute Gasteiger partial charge is 0.491 e. The van der Waals surface area contributed by atoms with Crippen molar-refractivity contribution in [3.05, 3.63) is 59.7 Å². The number of ether oxygens (including phenoxy) is 1. The lowest BCUT2D eigenvalue weighted by molar-refractivity contribution is -0.115. The first-order chi connectivity index (χ1) is 10.0. The van der Waals surface area contributed by atoms with Crippen LogP contribution in [-0.4, -0.2) is 12.0 Å². The van der Waals surface area contributed by atoms with Crippen molar-refractivity contribution in [2.24, 2.45) is 0 Å². The van der Waals surface area contributed by atoms with Gasteiger partial charge in [0.15, 0.2) is 0 Å². The Morgan fingerprint density at radius 3 is 2.62 bits per heavy atom. The van der Waals surface area contributed by atoms with E-state index in [1.807, 2.05) is 69.3 Å². The minimum absolute atomic E-state index is 0.0222. The number of anilines is 1. The highest BCUT2D eigenvalue weighted by atomic mass is 16.5. The summed E-state index contributed by atoms with van der Waals surface area (Å²) < 4.78 is 5.62. The number of nitrogens with one attached hydrogen (secondary N) is 1. The molecule has 110 valence electrons. The third-order valence-electron chi connectivity index (χ3n) is 3.10. The van der Waals surface area contributed by atoms with Gasteiger partial charge in [0.2, 0.25) is 5.91 Å². The van der Waals surface area contributed by atoms with Gasteiger partial charge < -0.3 is 10.1 Å². The lowest BCUT2D eigenvalue weighted by atomic mass is 10.1. The molecular weight excluding hydrogens is 262 g/mol. The van der Waals surface area contributed by atoms with Crippen LogP contribution in [0.3, 0.4) is 0 Å². The number of carbonyl (C=O) groups is 1. The summed E-state index contributed by atoms with van der Waals surface area (Å²) in [6.45, 7) is 5.96. The summed E-state index contributed by atoms with van der Waals surface area (Å²) in [7, 11) is 0. The molecule has 0 saturated carbocycles. The van der Waals surface area contributed by atoms with Crippen molar-refractivity contribution >= 4 is 11.6 Å². The maximum Gasteiger partial charge on any atom is 0.228 e. The minimum atomic E-state index is -0.0222. The second-order valence-electron chi connectivity index (χ2n) is 5.35. The molecule has 2 aromatic carbocycles. The molecule has 0 atom stereocenters. The van der Waals surface area contributed by atoms with E-state index in [0.717, 1.165) is 22.6 Å². The van der Waals surface area contributed by atoms with E-state index in [-0.39, 0.29) is 12.0 Å². The zero-order valence-electron chi connectivity index (χ0n) is 12.7.